The highest BCUT2D eigenvalue weighted by Gasteiger charge is 2.57. The fraction of sp³-hybridized carbons (Fsp3) is 1.00. The van der Waals surface area contributed by atoms with Gasteiger partial charge < -0.3 is 4.74 Å². The Hall–Kier alpha value is -0.0400. The molecule has 16 heavy (non-hydrogen) atoms. The van der Waals surface area contributed by atoms with Crippen LogP contribution in [0.3, 0.4) is 0 Å². The maximum atomic E-state index is 6.38. The predicted octanol–water partition coefficient (Wildman–Crippen LogP) is 3.87. The number of ether oxygens (including phenoxy) is 1. The largest absolute Gasteiger partial charge is 0.371 e. The van der Waals surface area contributed by atoms with Crippen molar-refractivity contribution in [2.45, 2.75) is 65.1 Å². The molecular formula is C15H26O. The third kappa shape index (κ3) is 1.40. The Morgan fingerprint density at radius 1 is 1.25 bits per heavy atom. The van der Waals surface area contributed by atoms with Crippen LogP contribution >= 0.6 is 0 Å². The number of rotatable bonds is 1. The van der Waals surface area contributed by atoms with Crippen molar-refractivity contribution in [3.8, 4) is 0 Å². The highest BCUT2D eigenvalue weighted by atomic mass is 16.5. The zero-order valence-corrected chi connectivity index (χ0v) is 11.2. The van der Waals surface area contributed by atoms with E-state index in [0.29, 0.717) is 6.10 Å². The molecule has 0 radical (unpaired) electrons. The van der Waals surface area contributed by atoms with E-state index in [1.807, 2.05) is 0 Å². The van der Waals surface area contributed by atoms with E-state index < -0.39 is 0 Å². The normalized spacial score (nSPS) is 55.7. The molecule has 0 aromatic rings. The lowest BCUT2D eigenvalue weighted by Gasteiger charge is -2.47. The average molecular weight is 222 g/mol. The first-order valence-electron chi connectivity index (χ1n) is 7.19. The van der Waals surface area contributed by atoms with Crippen LogP contribution in [0.25, 0.3) is 0 Å². The molecule has 0 N–H and O–H groups in total. The monoisotopic (exact) mass is 222 g/mol. The van der Waals surface area contributed by atoms with E-state index in [4.69, 9.17) is 4.74 Å². The molecule has 1 heteroatoms. The first-order valence-corrected chi connectivity index (χ1v) is 7.19. The number of fused-ring (bicyclic) bond motifs is 1. The first-order chi connectivity index (χ1) is 7.51. The Balaban J connectivity index is 1.91. The highest BCUT2D eigenvalue weighted by Crippen LogP contribution is 2.58. The molecule has 2 bridgehead atoms. The summed E-state index contributed by atoms with van der Waals surface area (Å²) >= 11 is 0. The summed E-state index contributed by atoms with van der Waals surface area (Å²) in [5, 5.41) is 0. The molecule has 1 saturated heterocycles. The van der Waals surface area contributed by atoms with Crippen molar-refractivity contribution < 1.29 is 4.74 Å². The minimum Gasteiger partial charge on any atom is -0.371 e. The molecule has 0 aromatic heterocycles. The first kappa shape index (κ1) is 11.1. The Kier molecular flexibility index (Phi) is 2.41. The van der Waals surface area contributed by atoms with E-state index in [9.17, 15) is 0 Å². The zero-order valence-electron chi connectivity index (χ0n) is 11.2. The van der Waals surface area contributed by atoms with Gasteiger partial charge in [-0.15, -0.1) is 0 Å². The van der Waals surface area contributed by atoms with Gasteiger partial charge in [-0.3, -0.25) is 0 Å². The van der Waals surface area contributed by atoms with E-state index in [1.165, 1.54) is 25.7 Å². The van der Waals surface area contributed by atoms with E-state index in [0.717, 1.165) is 29.6 Å². The summed E-state index contributed by atoms with van der Waals surface area (Å²) in [4.78, 5) is 0. The van der Waals surface area contributed by atoms with Crippen LogP contribution < -0.4 is 0 Å². The third-order valence-electron chi connectivity index (χ3n) is 5.87. The van der Waals surface area contributed by atoms with Crippen molar-refractivity contribution in [1.82, 2.24) is 0 Å². The van der Waals surface area contributed by atoms with Crippen LogP contribution in [0.5, 0.6) is 0 Å². The molecule has 0 amide bonds. The van der Waals surface area contributed by atoms with E-state index in [1.54, 1.807) is 0 Å². The van der Waals surface area contributed by atoms with Gasteiger partial charge >= 0.3 is 0 Å². The van der Waals surface area contributed by atoms with Crippen LogP contribution in [-0.4, -0.2) is 11.7 Å². The molecule has 0 spiro atoms. The van der Waals surface area contributed by atoms with Crippen LogP contribution in [0.1, 0.15) is 53.4 Å². The van der Waals surface area contributed by atoms with Crippen molar-refractivity contribution in [1.29, 1.82) is 0 Å². The molecule has 1 heterocycles. The molecule has 1 aliphatic heterocycles. The summed E-state index contributed by atoms with van der Waals surface area (Å²) in [6.45, 7) is 9.63. The van der Waals surface area contributed by atoms with Crippen molar-refractivity contribution in [2.75, 3.05) is 0 Å². The smallest absolute Gasteiger partial charge is 0.0690 e. The second kappa shape index (κ2) is 3.48. The third-order valence-corrected chi connectivity index (χ3v) is 5.87. The van der Waals surface area contributed by atoms with Gasteiger partial charge in [0.15, 0.2) is 0 Å². The molecule has 3 rings (SSSR count). The van der Waals surface area contributed by atoms with E-state index in [-0.39, 0.29) is 5.60 Å². The fourth-order valence-corrected chi connectivity index (χ4v) is 4.91. The van der Waals surface area contributed by atoms with Crippen LogP contribution in [0, 0.1) is 29.6 Å². The highest BCUT2D eigenvalue weighted by molar-refractivity contribution is 5.06. The van der Waals surface area contributed by atoms with Crippen molar-refractivity contribution in [3.05, 3.63) is 0 Å². The summed E-state index contributed by atoms with van der Waals surface area (Å²) in [7, 11) is 0. The Labute approximate surface area is 99.9 Å². The van der Waals surface area contributed by atoms with Crippen LogP contribution in [0.15, 0.2) is 0 Å². The molecular weight excluding hydrogens is 196 g/mol. The van der Waals surface area contributed by atoms with Gasteiger partial charge in [-0.05, 0) is 62.2 Å². The van der Waals surface area contributed by atoms with Gasteiger partial charge in [0, 0.05) is 0 Å². The standard InChI is InChI=1S/C15H26O/c1-9(2)11-5-6-15(4)13-8-14(16-15)10(3)7-12(11)13/h9-14H,5-8H2,1-4H3/t10?,11-,12?,13?,14+,15+/m0/s1. The predicted molar refractivity (Wildman–Crippen MR) is 66.2 cm³/mol. The summed E-state index contributed by atoms with van der Waals surface area (Å²) in [5.41, 5.74) is 0.242. The lowest BCUT2D eigenvalue weighted by atomic mass is 9.57. The number of hydrogen-bond donors (Lipinski definition) is 0. The summed E-state index contributed by atoms with van der Waals surface area (Å²) < 4.78 is 6.38. The average Bonchev–Trinajstić information content (AvgIpc) is 2.52. The van der Waals surface area contributed by atoms with Crippen LogP contribution in [0.2, 0.25) is 0 Å². The minimum absolute atomic E-state index is 0.242. The van der Waals surface area contributed by atoms with Gasteiger partial charge in [-0.2, -0.15) is 0 Å². The number of hydrogen-bond acceptors (Lipinski definition) is 1. The molecule has 0 aromatic carbocycles. The maximum Gasteiger partial charge on any atom is 0.0690 e. The van der Waals surface area contributed by atoms with Gasteiger partial charge in [0.1, 0.15) is 0 Å². The lowest BCUT2D eigenvalue weighted by Crippen LogP contribution is -2.45. The fourth-order valence-electron chi connectivity index (χ4n) is 4.91. The molecule has 6 atom stereocenters. The topological polar surface area (TPSA) is 9.23 Å². The second-order valence-electron chi connectivity index (χ2n) is 7.13. The van der Waals surface area contributed by atoms with Crippen LogP contribution in [0.4, 0.5) is 0 Å². The molecule has 3 unspecified atom stereocenters. The van der Waals surface area contributed by atoms with E-state index in [2.05, 4.69) is 27.7 Å². The Bertz CT molecular complexity index is 285. The molecule has 3 fully saturated rings. The Morgan fingerprint density at radius 2 is 2.00 bits per heavy atom. The van der Waals surface area contributed by atoms with Gasteiger partial charge in [0.05, 0.1) is 11.7 Å². The zero-order chi connectivity index (χ0) is 11.5. The van der Waals surface area contributed by atoms with E-state index >= 15 is 0 Å². The van der Waals surface area contributed by atoms with Gasteiger partial charge in [-0.25, -0.2) is 0 Å². The molecule has 2 saturated carbocycles. The van der Waals surface area contributed by atoms with Gasteiger partial charge in [0.2, 0.25) is 0 Å². The Morgan fingerprint density at radius 3 is 2.69 bits per heavy atom. The molecule has 3 aliphatic rings. The van der Waals surface area contributed by atoms with Crippen molar-refractivity contribution in [3.63, 3.8) is 0 Å². The minimum atomic E-state index is 0.242. The van der Waals surface area contributed by atoms with Crippen molar-refractivity contribution >= 4 is 0 Å². The molecule has 92 valence electrons. The molecule has 2 aliphatic carbocycles. The lowest BCUT2D eigenvalue weighted by molar-refractivity contribution is -0.0781. The second-order valence-corrected chi connectivity index (χ2v) is 7.13. The summed E-state index contributed by atoms with van der Waals surface area (Å²) in [6.07, 6.45) is 6.06. The van der Waals surface area contributed by atoms with Gasteiger partial charge in [-0.1, -0.05) is 20.8 Å². The van der Waals surface area contributed by atoms with Gasteiger partial charge in [0.25, 0.3) is 0 Å². The van der Waals surface area contributed by atoms with Crippen LogP contribution in [-0.2, 0) is 4.74 Å². The summed E-state index contributed by atoms with van der Waals surface area (Å²) in [6, 6.07) is 0. The molecule has 1 nitrogen and oxygen atoms in total. The SMILES string of the molecule is CC(C)[C@@H]1CC[C@@]2(C)O[C@@H]3CC2C1CC3C. The maximum absolute atomic E-state index is 6.38. The quantitative estimate of drug-likeness (QED) is 0.654. The summed E-state index contributed by atoms with van der Waals surface area (Å²) in [5.74, 6) is 4.44. The van der Waals surface area contributed by atoms with Crippen molar-refractivity contribution in [2.24, 2.45) is 29.6 Å².